The van der Waals surface area contributed by atoms with Crippen LogP contribution in [0.5, 0.6) is 5.75 Å². The largest absolute Gasteiger partial charge is 0.497 e. The predicted molar refractivity (Wildman–Crippen MR) is 151 cm³/mol. The second-order valence-electron chi connectivity index (χ2n) is 10.4. The maximum atomic E-state index is 13.0. The number of rotatable bonds is 10. The van der Waals surface area contributed by atoms with Crippen LogP contribution in [0, 0.1) is 5.41 Å². The van der Waals surface area contributed by atoms with Gasteiger partial charge in [0.2, 0.25) is 0 Å². The molecule has 0 amide bonds. The second kappa shape index (κ2) is 11.9. The maximum Gasteiger partial charge on any atom is 0.416 e. The lowest BCUT2D eigenvalue weighted by molar-refractivity contribution is -0.139. The standard InChI is InChI=1S/C31H31F3N4O4/c1-30(2)40-19-25(42-30)13-14-26(35)27-15-10-23(16-36-27)38(18-20-4-11-24(39-3)12-5-20)29-37-17-28(41-29)21-6-8-22(9-7-21)31(32,33)34/h4-12,15-17,25,35H,13-14,18-19H2,1-3H3. The number of hydrogen-bond donors (Lipinski definition) is 1. The van der Waals surface area contributed by atoms with E-state index in [0.717, 1.165) is 17.7 Å². The normalized spacial score (nSPS) is 16.4. The van der Waals surface area contributed by atoms with Gasteiger partial charge in [-0.15, -0.1) is 0 Å². The van der Waals surface area contributed by atoms with Crippen LogP contribution in [0.3, 0.4) is 0 Å². The summed E-state index contributed by atoms with van der Waals surface area (Å²) < 4.78 is 61.8. The summed E-state index contributed by atoms with van der Waals surface area (Å²) in [6, 6.07) is 16.1. The number of pyridine rings is 1. The molecule has 220 valence electrons. The van der Waals surface area contributed by atoms with E-state index in [1.165, 1.54) is 18.3 Å². The first-order chi connectivity index (χ1) is 20.0. The van der Waals surface area contributed by atoms with Gasteiger partial charge in [-0.1, -0.05) is 24.3 Å². The number of nitrogens with zero attached hydrogens (tertiary/aromatic N) is 3. The quantitative estimate of drug-likeness (QED) is 0.195. The Morgan fingerprint density at radius 1 is 1.02 bits per heavy atom. The molecule has 11 heteroatoms. The molecule has 1 aliphatic rings. The van der Waals surface area contributed by atoms with Gasteiger partial charge in [0.05, 0.1) is 61.4 Å². The molecular formula is C31H31F3N4O4. The number of ether oxygens (including phenoxy) is 3. The number of hydrogen-bond acceptors (Lipinski definition) is 8. The van der Waals surface area contributed by atoms with Crippen molar-refractivity contribution in [3.63, 3.8) is 0 Å². The molecule has 3 heterocycles. The van der Waals surface area contributed by atoms with E-state index >= 15 is 0 Å². The average Bonchev–Trinajstić information content (AvgIpc) is 3.61. The molecule has 0 bridgehead atoms. The third-order valence-corrected chi connectivity index (χ3v) is 6.87. The molecule has 8 nitrogen and oxygen atoms in total. The molecule has 0 radical (unpaired) electrons. The number of alkyl halides is 3. The molecule has 0 saturated carbocycles. The number of halogens is 3. The van der Waals surface area contributed by atoms with Gasteiger partial charge >= 0.3 is 12.2 Å². The van der Waals surface area contributed by atoms with Crippen molar-refractivity contribution in [2.75, 3.05) is 18.6 Å². The van der Waals surface area contributed by atoms with Gasteiger partial charge in [0.1, 0.15) is 5.75 Å². The minimum absolute atomic E-state index is 0.0662. The molecule has 1 aliphatic heterocycles. The summed E-state index contributed by atoms with van der Waals surface area (Å²) in [5, 5.41) is 8.52. The minimum Gasteiger partial charge on any atom is -0.497 e. The Morgan fingerprint density at radius 3 is 2.36 bits per heavy atom. The van der Waals surface area contributed by atoms with Crippen molar-refractivity contribution < 1.29 is 31.8 Å². The Hall–Kier alpha value is -4.22. The summed E-state index contributed by atoms with van der Waals surface area (Å²) in [5.41, 5.74) is 2.25. The zero-order chi connectivity index (χ0) is 29.9. The fourth-order valence-electron chi connectivity index (χ4n) is 4.59. The smallest absolute Gasteiger partial charge is 0.416 e. The van der Waals surface area contributed by atoms with E-state index in [2.05, 4.69) is 9.97 Å². The highest BCUT2D eigenvalue weighted by atomic mass is 19.4. The molecule has 1 saturated heterocycles. The monoisotopic (exact) mass is 580 g/mol. The molecule has 1 N–H and O–H groups in total. The first-order valence-electron chi connectivity index (χ1n) is 13.4. The SMILES string of the molecule is COc1ccc(CN(c2ccc(C(=N)CCC3COC(C)(C)O3)nc2)c2ncc(-c3ccc(C(F)(F)F)cc3)o2)cc1. The van der Waals surface area contributed by atoms with Crippen LogP contribution in [0.15, 0.2) is 77.5 Å². The average molecular weight is 581 g/mol. The molecule has 2 aromatic heterocycles. The lowest BCUT2D eigenvalue weighted by Crippen LogP contribution is -2.22. The zero-order valence-corrected chi connectivity index (χ0v) is 23.4. The molecule has 1 atom stereocenters. The fourth-order valence-corrected chi connectivity index (χ4v) is 4.59. The van der Waals surface area contributed by atoms with Crippen molar-refractivity contribution in [1.29, 1.82) is 5.41 Å². The van der Waals surface area contributed by atoms with Crippen LogP contribution in [0.2, 0.25) is 0 Å². The van der Waals surface area contributed by atoms with Gasteiger partial charge in [0.25, 0.3) is 0 Å². The van der Waals surface area contributed by atoms with Gasteiger partial charge in [-0.05, 0) is 68.7 Å². The van der Waals surface area contributed by atoms with Crippen molar-refractivity contribution in [2.45, 2.75) is 51.3 Å². The van der Waals surface area contributed by atoms with Crippen LogP contribution < -0.4 is 9.64 Å². The summed E-state index contributed by atoms with van der Waals surface area (Å²) in [6.07, 6.45) is -0.227. The molecular weight excluding hydrogens is 549 g/mol. The Morgan fingerprint density at radius 2 is 1.76 bits per heavy atom. The van der Waals surface area contributed by atoms with Crippen LogP contribution in [-0.2, 0) is 22.2 Å². The Balaban J connectivity index is 1.36. The molecule has 1 fully saturated rings. The highest BCUT2D eigenvalue weighted by Crippen LogP contribution is 2.34. The van der Waals surface area contributed by atoms with Crippen molar-refractivity contribution in [3.05, 3.63) is 89.9 Å². The molecule has 2 aromatic carbocycles. The molecule has 4 aromatic rings. The van der Waals surface area contributed by atoms with Crippen LogP contribution in [0.4, 0.5) is 24.9 Å². The van der Waals surface area contributed by atoms with E-state index in [1.807, 2.05) is 49.1 Å². The van der Waals surface area contributed by atoms with E-state index in [1.54, 1.807) is 19.4 Å². The highest BCUT2D eigenvalue weighted by Gasteiger charge is 2.32. The van der Waals surface area contributed by atoms with Crippen LogP contribution >= 0.6 is 0 Å². The summed E-state index contributed by atoms with van der Waals surface area (Å²) in [4.78, 5) is 10.8. The van der Waals surface area contributed by atoms with Gasteiger partial charge in [-0.25, -0.2) is 4.98 Å². The highest BCUT2D eigenvalue weighted by molar-refractivity contribution is 5.96. The molecule has 42 heavy (non-hydrogen) atoms. The van der Waals surface area contributed by atoms with E-state index in [0.29, 0.717) is 60.2 Å². The molecule has 0 aliphatic carbocycles. The van der Waals surface area contributed by atoms with E-state index in [9.17, 15) is 13.2 Å². The van der Waals surface area contributed by atoms with Gasteiger partial charge in [-0.3, -0.25) is 9.88 Å². The second-order valence-corrected chi connectivity index (χ2v) is 10.4. The number of aromatic nitrogens is 2. The Labute approximate surface area is 241 Å². The van der Waals surface area contributed by atoms with E-state index in [4.69, 9.17) is 24.0 Å². The van der Waals surface area contributed by atoms with Crippen LogP contribution in [0.25, 0.3) is 11.3 Å². The third-order valence-electron chi connectivity index (χ3n) is 6.87. The lowest BCUT2D eigenvalue weighted by Gasteiger charge is -2.21. The first-order valence-corrected chi connectivity index (χ1v) is 13.4. The zero-order valence-electron chi connectivity index (χ0n) is 23.4. The third kappa shape index (κ3) is 6.97. The molecule has 5 rings (SSSR count). The molecule has 0 spiro atoms. The van der Waals surface area contributed by atoms with Crippen molar-refractivity contribution in [1.82, 2.24) is 9.97 Å². The summed E-state index contributed by atoms with van der Waals surface area (Å²) in [7, 11) is 1.59. The van der Waals surface area contributed by atoms with Crippen LogP contribution in [-0.4, -0.2) is 41.3 Å². The van der Waals surface area contributed by atoms with Crippen LogP contribution in [0.1, 0.15) is 43.5 Å². The fraction of sp³-hybridized carbons (Fsp3) is 0.323. The van der Waals surface area contributed by atoms with Crippen molar-refractivity contribution in [2.24, 2.45) is 0 Å². The Bertz CT molecular complexity index is 1500. The van der Waals surface area contributed by atoms with Gasteiger partial charge in [0.15, 0.2) is 11.5 Å². The van der Waals surface area contributed by atoms with Gasteiger partial charge < -0.3 is 24.0 Å². The number of benzene rings is 2. The minimum atomic E-state index is -4.43. The summed E-state index contributed by atoms with van der Waals surface area (Å²) in [6.45, 7) is 4.61. The van der Waals surface area contributed by atoms with Gasteiger partial charge in [-0.2, -0.15) is 13.2 Å². The predicted octanol–water partition coefficient (Wildman–Crippen LogP) is 7.40. The number of oxazole rings is 1. The van der Waals surface area contributed by atoms with Gasteiger partial charge in [0, 0.05) is 5.56 Å². The number of anilines is 2. The lowest BCUT2D eigenvalue weighted by atomic mass is 10.1. The van der Waals surface area contributed by atoms with Crippen molar-refractivity contribution in [3.8, 4) is 17.1 Å². The topological polar surface area (TPSA) is 93.7 Å². The summed E-state index contributed by atoms with van der Waals surface area (Å²) >= 11 is 0. The van der Waals surface area contributed by atoms with Crippen molar-refractivity contribution >= 4 is 17.4 Å². The Kier molecular flexibility index (Phi) is 8.33. The van der Waals surface area contributed by atoms with E-state index in [-0.39, 0.29) is 12.1 Å². The summed E-state index contributed by atoms with van der Waals surface area (Å²) in [5.74, 6) is 0.437. The van der Waals surface area contributed by atoms with E-state index < -0.39 is 17.5 Å². The number of nitrogens with one attached hydrogen (secondary N) is 1. The number of methoxy groups -OCH3 is 1. The molecule has 1 unspecified atom stereocenters. The maximum absolute atomic E-state index is 13.0. The first kappa shape index (κ1) is 29.3.